The molecule has 1 aromatic heterocycles. The number of anilines is 1. The summed E-state index contributed by atoms with van der Waals surface area (Å²) in [7, 11) is 2.06. The molecule has 0 spiro atoms. The minimum absolute atomic E-state index is 0.0781. The number of pyridine rings is 1. The fraction of sp³-hybridized carbons (Fsp3) is 0.421. The van der Waals surface area contributed by atoms with Gasteiger partial charge in [0.1, 0.15) is 0 Å². The molecule has 0 radical (unpaired) electrons. The van der Waals surface area contributed by atoms with Gasteiger partial charge < -0.3 is 15.1 Å². The fourth-order valence-electron chi connectivity index (χ4n) is 3.45. The molecule has 4 rings (SSSR count). The van der Waals surface area contributed by atoms with Gasteiger partial charge in [0, 0.05) is 37.8 Å². The lowest BCUT2D eigenvalue weighted by Crippen LogP contribution is -2.48. The molecule has 1 saturated heterocycles. The van der Waals surface area contributed by atoms with Crippen LogP contribution in [0.4, 0.5) is 5.69 Å². The van der Waals surface area contributed by atoms with E-state index in [2.05, 4.69) is 22.2 Å². The zero-order valence-corrected chi connectivity index (χ0v) is 14.3. The predicted molar refractivity (Wildman–Crippen MR) is 96.0 cm³/mol. The number of nitrogens with zero attached hydrogens (tertiary/aromatic N) is 3. The summed E-state index contributed by atoms with van der Waals surface area (Å²) in [6, 6.07) is 9.56. The van der Waals surface area contributed by atoms with Gasteiger partial charge in [-0.2, -0.15) is 0 Å². The summed E-state index contributed by atoms with van der Waals surface area (Å²) in [4.78, 5) is 33.6. The zero-order valence-electron chi connectivity index (χ0n) is 14.3. The van der Waals surface area contributed by atoms with Gasteiger partial charge in [-0.15, -0.1) is 0 Å². The molecule has 6 nitrogen and oxygen atoms in total. The van der Waals surface area contributed by atoms with Gasteiger partial charge in [0.25, 0.3) is 0 Å². The van der Waals surface area contributed by atoms with E-state index in [4.69, 9.17) is 0 Å². The predicted octanol–water partition coefficient (Wildman–Crippen LogP) is 1.58. The average Bonchev–Trinajstić information content (AvgIpc) is 3.43. The molecule has 1 aromatic carbocycles. The number of nitrogens with one attached hydrogen (secondary N) is 1. The van der Waals surface area contributed by atoms with E-state index < -0.39 is 0 Å². The molecule has 2 heterocycles. The highest BCUT2D eigenvalue weighted by molar-refractivity contribution is 6.04. The van der Waals surface area contributed by atoms with Crippen LogP contribution in [0.15, 0.2) is 36.5 Å². The maximum absolute atomic E-state index is 12.6. The van der Waals surface area contributed by atoms with Crippen LogP contribution in [0.2, 0.25) is 0 Å². The highest BCUT2D eigenvalue weighted by atomic mass is 16.2. The Bertz CT molecular complexity index is 809. The minimum atomic E-state index is -0.217. The first-order valence-electron chi connectivity index (χ1n) is 8.75. The van der Waals surface area contributed by atoms with E-state index in [1.165, 1.54) is 0 Å². The Morgan fingerprint density at radius 2 is 1.84 bits per heavy atom. The van der Waals surface area contributed by atoms with E-state index in [1.807, 2.05) is 35.2 Å². The fourth-order valence-corrected chi connectivity index (χ4v) is 3.45. The summed E-state index contributed by atoms with van der Waals surface area (Å²) in [6.07, 6.45) is 2.37. The summed E-state index contributed by atoms with van der Waals surface area (Å²) in [5, 5.41) is 3.95. The summed E-state index contributed by atoms with van der Waals surface area (Å²) >= 11 is 0. The van der Waals surface area contributed by atoms with Crippen molar-refractivity contribution in [2.45, 2.75) is 6.42 Å². The number of amides is 2. The molecule has 2 aromatic rings. The number of piperazine rings is 1. The van der Waals surface area contributed by atoms with E-state index in [0.29, 0.717) is 12.1 Å². The number of hydrogen-bond acceptors (Lipinski definition) is 4. The maximum Gasteiger partial charge on any atom is 0.228 e. The summed E-state index contributed by atoms with van der Waals surface area (Å²) in [6.45, 7) is 3.31. The van der Waals surface area contributed by atoms with Crippen molar-refractivity contribution in [1.29, 1.82) is 0 Å². The number of benzene rings is 1. The number of carbonyl (C=O) groups is 2. The van der Waals surface area contributed by atoms with E-state index in [1.54, 1.807) is 6.20 Å². The van der Waals surface area contributed by atoms with Crippen LogP contribution in [-0.2, 0) is 9.59 Å². The number of fused-ring (bicyclic) bond motifs is 1. The largest absolute Gasteiger partial charge is 0.340 e. The van der Waals surface area contributed by atoms with Crippen molar-refractivity contribution in [2.24, 2.45) is 11.8 Å². The monoisotopic (exact) mass is 338 g/mol. The standard InChI is InChI=1S/C19H22N4O2/c1-22-8-10-23(11-9-22)19(25)15-12-14(15)18(24)21-16-6-2-4-13-5-3-7-20-17(13)16/h2-7,14-15H,8-12H2,1H3,(H,21,24). The molecule has 1 aliphatic carbocycles. The summed E-state index contributed by atoms with van der Waals surface area (Å²) in [5.41, 5.74) is 1.49. The van der Waals surface area contributed by atoms with Crippen LogP contribution in [0.5, 0.6) is 0 Å². The molecule has 2 fully saturated rings. The van der Waals surface area contributed by atoms with Crippen molar-refractivity contribution in [3.05, 3.63) is 36.5 Å². The molecule has 130 valence electrons. The van der Waals surface area contributed by atoms with Crippen molar-refractivity contribution >= 4 is 28.4 Å². The van der Waals surface area contributed by atoms with Gasteiger partial charge in [-0.25, -0.2) is 0 Å². The topological polar surface area (TPSA) is 65.5 Å². The number of carbonyl (C=O) groups excluding carboxylic acids is 2. The first kappa shape index (κ1) is 16.0. The average molecular weight is 338 g/mol. The molecule has 2 unspecified atom stereocenters. The van der Waals surface area contributed by atoms with E-state index in [9.17, 15) is 9.59 Å². The molecule has 6 heteroatoms. The maximum atomic E-state index is 12.6. The Hall–Kier alpha value is -2.47. The third-order valence-electron chi connectivity index (χ3n) is 5.15. The number of aromatic nitrogens is 1. The van der Waals surface area contributed by atoms with Crippen LogP contribution in [-0.4, -0.2) is 59.8 Å². The molecule has 0 bridgehead atoms. The molecule has 25 heavy (non-hydrogen) atoms. The Morgan fingerprint density at radius 1 is 1.08 bits per heavy atom. The molecule has 2 amide bonds. The lowest BCUT2D eigenvalue weighted by Gasteiger charge is -2.32. The Kier molecular flexibility index (Phi) is 4.13. The number of likely N-dealkylation sites (N-methyl/N-ethyl adjacent to an activating group) is 1. The minimum Gasteiger partial charge on any atom is -0.340 e. The molecule has 1 N–H and O–H groups in total. The first-order chi connectivity index (χ1) is 12.1. The van der Waals surface area contributed by atoms with Crippen molar-refractivity contribution in [1.82, 2.24) is 14.8 Å². The SMILES string of the molecule is CN1CCN(C(=O)C2CC2C(=O)Nc2cccc3cccnc23)CC1. The van der Waals surface area contributed by atoms with Crippen molar-refractivity contribution in [3.63, 3.8) is 0 Å². The number of para-hydroxylation sites is 1. The van der Waals surface area contributed by atoms with Gasteiger partial charge in [0.2, 0.25) is 11.8 Å². The molecular formula is C19H22N4O2. The van der Waals surface area contributed by atoms with Crippen molar-refractivity contribution < 1.29 is 9.59 Å². The van der Waals surface area contributed by atoms with Gasteiger partial charge in [0.05, 0.1) is 23.0 Å². The lowest BCUT2D eigenvalue weighted by molar-refractivity contribution is -0.135. The Morgan fingerprint density at radius 3 is 2.64 bits per heavy atom. The molecule has 1 saturated carbocycles. The lowest BCUT2D eigenvalue weighted by atomic mass is 10.2. The van der Waals surface area contributed by atoms with Crippen LogP contribution in [0, 0.1) is 11.8 Å². The van der Waals surface area contributed by atoms with Crippen LogP contribution in [0.1, 0.15) is 6.42 Å². The second kappa shape index (κ2) is 6.44. The van der Waals surface area contributed by atoms with Gasteiger partial charge in [-0.3, -0.25) is 14.6 Å². The normalized spacial score (nSPS) is 23.5. The third-order valence-corrected chi connectivity index (χ3v) is 5.15. The van der Waals surface area contributed by atoms with Crippen molar-refractivity contribution in [2.75, 3.05) is 38.5 Å². The Balaban J connectivity index is 1.40. The van der Waals surface area contributed by atoms with E-state index >= 15 is 0 Å². The van der Waals surface area contributed by atoms with Gasteiger partial charge in [-0.05, 0) is 25.6 Å². The molecule has 1 aliphatic heterocycles. The van der Waals surface area contributed by atoms with E-state index in [-0.39, 0.29) is 23.7 Å². The highest BCUT2D eigenvalue weighted by Crippen LogP contribution is 2.41. The smallest absolute Gasteiger partial charge is 0.228 e. The van der Waals surface area contributed by atoms with Crippen LogP contribution < -0.4 is 5.32 Å². The van der Waals surface area contributed by atoms with Crippen LogP contribution in [0.25, 0.3) is 10.9 Å². The second-order valence-corrected chi connectivity index (χ2v) is 6.95. The van der Waals surface area contributed by atoms with Gasteiger partial charge >= 0.3 is 0 Å². The number of rotatable bonds is 3. The van der Waals surface area contributed by atoms with Crippen LogP contribution >= 0.6 is 0 Å². The summed E-state index contributed by atoms with van der Waals surface area (Å²) < 4.78 is 0. The zero-order chi connectivity index (χ0) is 17.4. The first-order valence-corrected chi connectivity index (χ1v) is 8.75. The van der Waals surface area contributed by atoms with Gasteiger partial charge in [0.15, 0.2) is 0 Å². The molecule has 2 atom stereocenters. The third kappa shape index (κ3) is 3.22. The molecule has 2 aliphatic rings. The van der Waals surface area contributed by atoms with E-state index in [0.717, 1.165) is 37.1 Å². The quantitative estimate of drug-likeness (QED) is 0.923. The second-order valence-electron chi connectivity index (χ2n) is 6.95. The Labute approximate surface area is 146 Å². The van der Waals surface area contributed by atoms with Gasteiger partial charge in [-0.1, -0.05) is 18.2 Å². The highest BCUT2D eigenvalue weighted by Gasteiger charge is 2.49. The van der Waals surface area contributed by atoms with Crippen molar-refractivity contribution in [3.8, 4) is 0 Å². The summed E-state index contributed by atoms with van der Waals surface area (Å²) in [5.74, 6) is -0.326. The molecular weight excluding hydrogens is 316 g/mol. The van der Waals surface area contributed by atoms with Crippen LogP contribution in [0.3, 0.4) is 0 Å². The number of hydrogen-bond donors (Lipinski definition) is 1.